The molecule has 0 atom stereocenters. The van der Waals surface area contributed by atoms with E-state index >= 15 is 0 Å². The molecule has 3 rings (SSSR count). The van der Waals surface area contributed by atoms with Crippen molar-refractivity contribution in [2.24, 2.45) is 5.92 Å². The number of carboxylic acid groups (broad SMARTS) is 1. The highest BCUT2D eigenvalue weighted by Gasteiger charge is 2.31. The van der Waals surface area contributed by atoms with Crippen LogP contribution in [0.4, 0.5) is 23.0 Å². The Morgan fingerprint density at radius 1 is 1.26 bits per heavy atom. The fourth-order valence-electron chi connectivity index (χ4n) is 2.91. The van der Waals surface area contributed by atoms with E-state index in [4.69, 9.17) is 28.3 Å². The molecule has 2 aromatic rings. The van der Waals surface area contributed by atoms with Gasteiger partial charge >= 0.3 is 11.7 Å². The summed E-state index contributed by atoms with van der Waals surface area (Å²) in [5.74, 6) is -1.13. The molecule has 1 saturated heterocycles. The third-order valence-electron chi connectivity index (χ3n) is 4.31. The summed E-state index contributed by atoms with van der Waals surface area (Å²) in [6.45, 7) is 0.724. The molecule has 0 saturated carbocycles. The normalized spacial score (nSPS) is 14.8. The maximum atomic E-state index is 11.7. The van der Waals surface area contributed by atoms with Crippen molar-refractivity contribution in [3.63, 3.8) is 0 Å². The monoisotopic (exact) mass is 411 g/mol. The summed E-state index contributed by atoms with van der Waals surface area (Å²) in [4.78, 5) is 32.0. The van der Waals surface area contributed by atoms with E-state index in [0.29, 0.717) is 41.7 Å². The Kier molecular flexibility index (Phi) is 5.62. The average Bonchev–Trinajstić information content (AvgIpc) is 2.64. The van der Waals surface area contributed by atoms with E-state index < -0.39 is 16.8 Å². The summed E-state index contributed by atoms with van der Waals surface area (Å²) in [5.41, 5.74) is 0.207. The number of nitro groups is 1. The number of aromatic nitrogens is 2. The van der Waals surface area contributed by atoms with Crippen LogP contribution in [0.5, 0.6) is 0 Å². The largest absolute Gasteiger partial charge is 0.481 e. The quantitative estimate of drug-likeness (QED) is 0.563. The number of carbonyl (C=O) groups is 1. The molecular weight excluding hydrogens is 397 g/mol. The van der Waals surface area contributed by atoms with Gasteiger partial charge < -0.3 is 15.3 Å². The van der Waals surface area contributed by atoms with Crippen molar-refractivity contribution in [1.29, 1.82) is 0 Å². The minimum Gasteiger partial charge on any atom is -0.481 e. The van der Waals surface area contributed by atoms with Gasteiger partial charge in [0.15, 0.2) is 0 Å². The summed E-state index contributed by atoms with van der Waals surface area (Å²) in [5, 5.41) is 24.3. The highest BCUT2D eigenvalue weighted by molar-refractivity contribution is 6.42. The number of halogens is 2. The molecule has 1 fully saturated rings. The molecule has 1 aliphatic heterocycles. The number of rotatable bonds is 5. The minimum atomic E-state index is -0.853. The highest BCUT2D eigenvalue weighted by atomic mass is 35.5. The molecule has 1 aliphatic rings. The first kappa shape index (κ1) is 19.1. The van der Waals surface area contributed by atoms with Crippen LogP contribution in [-0.4, -0.2) is 39.1 Å². The van der Waals surface area contributed by atoms with E-state index in [1.54, 1.807) is 17.0 Å². The average molecular weight is 412 g/mol. The van der Waals surface area contributed by atoms with Crippen molar-refractivity contribution >= 4 is 52.2 Å². The molecule has 2 heterocycles. The number of carboxylic acids is 1. The molecular formula is C16H15Cl2N5O4. The lowest BCUT2D eigenvalue weighted by atomic mass is 9.97. The number of aliphatic carboxylic acids is 1. The van der Waals surface area contributed by atoms with Crippen molar-refractivity contribution in [2.45, 2.75) is 12.8 Å². The Hall–Kier alpha value is -2.65. The molecule has 11 heteroatoms. The second-order valence-electron chi connectivity index (χ2n) is 6.01. The zero-order chi connectivity index (χ0) is 19.6. The molecule has 0 bridgehead atoms. The van der Waals surface area contributed by atoms with Gasteiger partial charge in [-0.15, -0.1) is 0 Å². The van der Waals surface area contributed by atoms with Crippen LogP contribution < -0.4 is 10.2 Å². The van der Waals surface area contributed by atoms with E-state index in [2.05, 4.69) is 15.3 Å². The minimum absolute atomic E-state index is 0.0174. The number of benzene rings is 1. The van der Waals surface area contributed by atoms with Crippen LogP contribution in [0.2, 0.25) is 10.0 Å². The maximum Gasteiger partial charge on any atom is 0.353 e. The summed E-state index contributed by atoms with van der Waals surface area (Å²) >= 11 is 11.9. The number of piperidine rings is 1. The maximum absolute atomic E-state index is 11.7. The topological polar surface area (TPSA) is 121 Å². The van der Waals surface area contributed by atoms with Crippen LogP contribution in [-0.2, 0) is 4.79 Å². The Balaban J connectivity index is 1.90. The number of anilines is 3. The number of hydrogen-bond acceptors (Lipinski definition) is 7. The van der Waals surface area contributed by atoms with Gasteiger partial charge in [-0.1, -0.05) is 23.2 Å². The van der Waals surface area contributed by atoms with Gasteiger partial charge in [0.2, 0.25) is 11.6 Å². The standard InChI is InChI=1S/C16H15Cl2N5O4/c17-11-2-1-10(7-12(11)18)21-14-13(23(26)27)15(20-8-19-14)22-5-3-9(4-6-22)16(24)25/h1-2,7-9H,3-6H2,(H,24,25)(H,19,20,21). The van der Waals surface area contributed by atoms with Crippen LogP contribution >= 0.6 is 23.2 Å². The highest BCUT2D eigenvalue weighted by Crippen LogP contribution is 2.36. The molecule has 2 N–H and O–H groups in total. The predicted octanol–water partition coefficient (Wildman–Crippen LogP) is 3.74. The zero-order valence-electron chi connectivity index (χ0n) is 13.9. The van der Waals surface area contributed by atoms with Gasteiger partial charge in [-0.2, -0.15) is 0 Å². The molecule has 142 valence electrons. The van der Waals surface area contributed by atoms with Gasteiger partial charge in [-0.3, -0.25) is 14.9 Å². The second-order valence-corrected chi connectivity index (χ2v) is 6.82. The van der Waals surface area contributed by atoms with Crippen molar-refractivity contribution in [1.82, 2.24) is 9.97 Å². The van der Waals surface area contributed by atoms with Gasteiger partial charge in [0.05, 0.1) is 20.9 Å². The van der Waals surface area contributed by atoms with Crippen LogP contribution in [0.25, 0.3) is 0 Å². The lowest BCUT2D eigenvalue weighted by Gasteiger charge is -2.30. The first-order valence-electron chi connectivity index (χ1n) is 8.06. The lowest BCUT2D eigenvalue weighted by Crippen LogP contribution is -2.37. The van der Waals surface area contributed by atoms with Gasteiger partial charge in [0.25, 0.3) is 0 Å². The summed E-state index contributed by atoms with van der Waals surface area (Å²) in [6, 6.07) is 4.72. The Labute approximate surface area is 164 Å². The SMILES string of the molecule is O=C(O)C1CCN(c2ncnc(Nc3ccc(Cl)c(Cl)c3)c2[N+](=O)[O-])CC1. The Morgan fingerprint density at radius 2 is 1.96 bits per heavy atom. The van der Waals surface area contributed by atoms with E-state index in [0.717, 1.165) is 0 Å². The van der Waals surface area contributed by atoms with E-state index in [-0.39, 0.29) is 17.3 Å². The van der Waals surface area contributed by atoms with Gasteiger partial charge in [-0.25, -0.2) is 9.97 Å². The van der Waals surface area contributed by atoms with E-state index in [1.807, 2.05) is 0 Å². The molecule has 1 aromatic heterocycles. The third-order valence-corrected chi connectivity index (χ3v) is 5.05. The Morgan fingerprint density at radius 3 is 2.56 bits per heavy atom. The molecule has 0 spiro atoms. The van der Waals surface area contributed by atoms with Crippen molar-refractivity contribution in [3.8, 4) is 0 Å². The zero-order valence-corrected chi connectivity index (χ0v) is 15.4. The smallest absolute Gasteiger partial charge is 0.353 e. The van der Waals surface area contributed by atoms with Crippen molar-refractivity contribution in [3.05, 3.63) is 44.7 Å². The summed E-state index contributed by atoms with van der Waals surface area (Å²) < 4.78 is 0. The molecule has 9 nitrogen and oxygen atoms in total. The van der Waals surface area contributed by atoms with Crippen LogP contribution in [0.1, 0.15) is 12.8 Å². The molecule has 1 aromatic carbocycles. The van der Waals surface area contributed by atoms with Gasteiger partial charge in [0, 0.05) is 18.8 Å². The third kappa shape index (κ3) is 4.20. The van der Waals surface area contributed by atoms with Gasteiger partial charge in [-0.05, 0) is 31.0 Å². The first-order valence-corrected chi connectivity index (χ1v) is 8.81. The molecule has 0 radical (unpaired) electrons. The van der Waals surface area contributed by atoms with Crippen molar-refractivity contribution in [2.75, 3.05) is 23.3 Å². The molecule has 27 heavy (non-hydrogen) atoms. The first-order chi connectivity index (χ1) is 12.9. The molecule has 0 amide bonds. The van der Waals surface area contributed by atoms with Gasteiger partial charge in [0.1, 0.15) is 6.33 Å². The second kappa shape index (κ2) is 7.93. The summed E-state index contributed by atoms with van der Waals surface area (Å²) in [7, 11) is 0. The number of hydrogen-bond donors (Lipinski definition) is 2. The van der Waals surface area contributed by atoms with E-state index in [1.165, 1.54) is 12.4 Å². The van der Waals surface area contributed by atoms with Crippen LogP contribution in [0.3, 0.4) is 0 Å². The lowest BCUT2D eigenvalue weighted by molar-refractivity contribution is -0.383. The number of nitrogens with one attached hydrogen (secondary N) is 1. The van der Waals surface area contributed by atoms with Crippen LogP contribution in [0.15, 0.2) is 24.5 Å². The fourth-order valence-corrected chi connectivity index (χ4v) is 3.21. The molecule has 0 aliphatic carbocycles. The van der Waals surface area contributed by atoms with Crippen LogP contribution in [0, 0.1) is 16.0 Å². The Bertz CT molecular complexity index is 887. The number of nitrogens with zero attached hydrogens (tertiary/aromatic N) is 4. The predicted molar refractivity (Wildman–Crippen MR) is 101 cm³/mol. The van der Waals surface area contributed by atoms with Crippen molar-refractivity contribution < 1.29 is 14.8 Å². The summed E-state index contributed by atoms with van der Waals surface area (Å²) in [6.07, 6.45) is 2.02. The fraction of sp³-hybridized carbons (Fsp3) is 0.312. The van der Waals surface area contributed by atoms with E-state index in [9.17, 15) is 14.9 Å². The molecule has 0 unspecified atom stereocenters.